The van der Waals surface area contributed by atoms with Gasteiger partial charge in [-0.1, -0.05) is 0 Å². The van der Waals surface area contributed by atoms with Crippen molar-refractivity contribution in [2.45, 2.75) is 245 Å². The number of carbonyl (C=O) groups is 14. The smallest absolute Gasteiger partial charge is 0.407 e. The highest BCUT2D eigenvalue weighted by atomic mass is 35.5. The minimum atomic E-state index is -1.32. The van der Waals surface area contributed by atoms with Crippen LogP contribution in [0, 0.1) is 41.5 Å². The number of hydrogen-bond acceptors (Lipinski definition) is 28. The number of nitrogens with one attached hydrogen (secondary N) is 6. The number of rotatable bonds is 42. The van der Waals surface area contributed by atoms with Crippen molar-refractivity contribution in [3.63, 3.8) is 0 Å². The molecule has 44 heteroatoms. The van der Waals surface area contributed by atoms with Gasteiger partial charge in [0.05, 0.1) is 112 Å². The van der Waals surface area contributed by atoms with Crippen molar-refractivity contribution in [2.75, 3.05) is 93.5 Å². The number of carboxylic acid groups (broad SMARTS) is 4. The Hall–Kier alpha value is -11.9. The number of methoxy groups -OCH3 is 2. The predicted molar refractivity (Wildman–Crippen MR) is 547 cm³/mol. The zero-order valence-corrected chi connectivity index (χ0v) is 87.6. The minimum Gasteiger partial charge on any atom is -0.495 e. The Labute approximate surface area is 872 Å². The van der Waals surface area contributed by atoms with Crippen LogP contribution in [0.1, 0.15) is 302 Å². The van der Waals surface area contributed by atoms with Crippen LogP contribution in [-0.2, 0) is 28.4 Å². The second kappa shape index (κ2) is 60.4. The Bertz CT molecular complexity index is 4920. The summed E-state index contributed by atoms with van der Waals surface area (Å²) in [6.45, 7) is 22.0. The predicted octanol–water partition coefficient (Wildman–Crippen LogP) is 14.3. The normalized spacial score (nSPS) is 17.3. The Morgan fingerprint density at radius 2 is 0.473 bits per heavy atom. The molecule has 0 heterocycles. The lowest BCUT2D eigenvalue weighted by Crippen LogP contribution is -2.47. The summed E-state index contributed by atoms with van der Waals surface area (Å²) in [5.41, 5.74) is 15.1. The Morgan fingerprint density at radius 3 is 0.671 bits per heavy atom. The summed E-state index contributed by atoms with van der Waals surface area (Å²) in [5, 5.41) is 52.3. The number of carboxylic acids is 4. The first-order valence-electron chi connectivity index (χ1n) is 47.2. The quantitative estimate of drug-likeness (QED) is 0.00962. The largest absolute Gasteiger partial charge is 0.495 e. The van der Waals surface area contributed by atoms with Crippen molar-refractivity contribution >= 4 is 144 Å². The molecule has 6 radical (unpaired) electrons. The summed E-state index contributed by atoms with van der Waals surface area (Å²) >= 11 is 22.4. The van der Waals surface area contributed by atoms with Gasteiger partial charge < -0.3 is 121 Å². The van der Waals surface area contributed by atoms with Gasteiger partial charge in [-0.25, -0.2) is 28.8 Å². The molecule has 6 aromatic rings. The number of alkyl carbamates (subject to hydrolysis) is 2. The van der Waals surface area contributed by atoms with Crippen LogP contribution in [0.25, 0.3) is 0 Å². The topological polar surface area (TPSA) is 555 Å². The van der Waals surface area contributed by atoms with E-state index in [4.69, 9.17) is 115 Å². The Balaban J connectivity index is 0.000000344. The van der Waals surface area contributed by atoms with Gasteiger partial charge in [-0.2, -0.15) is 0 Å². The van der Waals surface area contributed by atoms with Gasteiger partial charge in [-0.05, 0) is 338 Å². The fourth-order valence-electron chi connectivity index (χ4n) is 16.7. The number of nitrogens with two attached hydrogens (primary N) is 2. The lowest BCUT2D eigenvalue weighted by atomic mass is 9.90. The van der Waals surface area contributed by atoms with Crippen LogP contribution in [0.4, 0.5) is 9.59 Å². The molecule has 4 fully saturated rings. The van der Waals surface area contributed by atoms with Crippen molar-refractivity contribution in [3.8, 4) is 34.5 Å². The lowest BCUT2D eigenvalue weighted by molar-refractivity contribution is 0.0265. The van der Waals surface area contributed by atoms with Crippen LogP contribution in [0.15, 0.2) is 72.8 Å². The zero-order valence-electron chi connectivity index (χ0n) is 84.6. The molecule has 0 aromatic heterocycles. The van der Waals surface area contributed by atoms with Crippen LogP contribution in [0.5, 0.6) is 34.5 Å². The third-order valence-electron chi connectivity index (χ3n) is 22.8. The maximum absolute atomic E-state index is 13.5. The summed E-state index contributed by atoms with van der Waals surface area (Å²) in [6, 6.07) is 18.0. The number of halogens is 4. The number of aryl methyl sites for hydroxylation is 6. The summed E-state index contributed by atoms with van der Waals surface area (Å²) in [6.07, 6.45) is 12.5. The van der Waals surface area contributed by atoms with E-state index in [1.54, 1.807) is 52.0 Å². The van der Waals surface area contributed by atoms with Gasteiger partial charge in [0, 0.05) is 65.2 Å². The molecule has 4 aliphatic carbocycles. The van der Waals surface area contributed by atoms with E-state index in [-0.39, 0.29) is 252 Å². The van der Waals surface area contributed by atoms with Gasteiger partial charge >= 0.3 is 36.1 Å². The van der Waals surface area contributed by atoms with Crippen LogP contribution < -0.4 is 71.8 Å². The van der Waals surface area contributed by atoms with Gasteiger partial charge in [-0.3, -0.25) is 38.4 Å². The van der Waals surface area contributed by atoms with E-state index in [1.807, 2.05) is 55.4 Å². The van der Waals surface area contributed by atoms with Gasteiger partial charge in [0.2, 0.25) is 0 Å². The van der Waals surface area contributed by atoms with E-state index in [0.717, 1.165) is 101 Å². The second-order valence-corrected chi connectivity index (χ2v) is 38.6. The van der Waals surface area contributed by atoms with E-state index in [0.29, 0.717) is 52.0 Å². The number of amides is 6. The number of hydrogen-bond donors (Lipinski definition) is 12. The Morgan fingerprint density at radius 1 is 0.288 bits per heavy atom. The van der Waals surface area contributed by atoms with Crippen molar-refractivity contribution in [1.29, 1.82) is 0 Å². The monoisotopic (exact) mass is 2110 g/mol. The summed E-state index contributed by atoms with van der Waals surface area (Å²) in [4.78, 5) is 170. The standard InChI is InChI=1S/C32H50N4O7.C24H22Cl4O8.C24H26O12.C22H34N4O3.2B/c1-19-15-24(27(37)33-20-11-9-13-22(17-20)35-29(39)42-31(2,3)4)26(41-8)25(16-19)28(38)34-21-12-10-14-23(18-21)36-30(40)43-32(5,6)7;1-13-9-15(21(25)29)19(16(10-13)22(26)30)35-7-5-33-3-4-34-6-8-36-20-17(23(27)31)11-14(2)12-18(20)24(28)32;1-13-9-15(21(25)26)19(16(10-13)22(27)28)35-7-5-33-3-4-34-6-8-36-20-17(23(29)30)11-14(2)12-18(20)24(31)32;1-13-9-18(21(27)25-16-7-3-5-14(23)11-16)20(29-2)19(10-13)22(28)26-17-8-4-6-15(24)12-17;;/h15-16,20-23H,9-14,17-18H2,1-8H3,(H,33,37)(H,34,38)(H,35,39)(H,36,40);9-12H,3-8H2,1-2H3;9-12H,3-8H2,1-2H3,(H,25,26)(H,27,28)(H,29,30)(H,31,32);9-10,14-17H,3-8,11-12,23-24H2,1-2H3,(H,25,27)(H,26,28);;/t20-,21+,22+,23-;;;14-,15+,16+,17-;;. The molecule has 10 rings (SSSR count). The first-order chi connectivity index (χ1) is 67.9. The van der Waals surface area contributed by atoms with Crippen molar-refractivity contribution in [1.82, 2.24) is 31.9 Å². The first-order valence-corrected chi connectivity index (χ1v) is 48.7. The molecule has 0 aliphatic heterocycles. The maximum Gasteiger partial charge on any atom is 0.407 e. The molecule has 0 spiro atoms. The minimum absolute atomic E-state index is 0. The molecule has 0 bridgehead atoms. The fourth-order valence-corrected chi connectivity index (χ4v) is 17.2. The molecule has 0 saturated heterocycles. The van der Waals surface area contributed by atoms with E-state index in [2.05, 4.69) is 31.9 Å². The molecule has 6 aromatic carbocycles. The van der Waals surface area contributed by atoms with Crippen molar-refractivity contribution in [3.05, 3.63) is 173 Å². The maximum atomic E-state index is 13.5. The Kier molecular flexibility index (Phi) is 51.6. The third kappa shape index (κ3) is 40.8. The highest BCUT2D eigenvalue weighted by Gasteiger charge is 2.35. The molecule has 6 amide bonds. The van der Waals surface area contributed by atoms with E-state index >= 15 is 0 Å². The summed E-state index contributed by atoms with van der Waals surface area (Å²) in [7, 11) is 2.94. The van der Waals surface area contributed by atoms with Gasteiger partial charge in [0.1, 0.15) is 94.4 Å². The molecular weight excluding hydrogens is 1980 g/mol. The zero-order chi connectivity index (χ0) is 107. The molecule has 146 heavy (non-hydrogen) atoms. The average Bonchev–Trinajstić information content (AvgIpc) is 0.781. The fraction of sp³-hybridized carbons (Fsp3) is 0.510. The van der Waals surface area contributed by atoms with E-state index in [9.17, 15) is 87.5 Å². The number of carbonyl (C=O) groups excluding carboxylic acids is 10. The first kappa shape index (κ1) is 125. The highest BCUT2D eigenvalue weighted by molar-refractivity contribution is 6.70. The van der Waals surface area contributed by atoms with Crippen molar-refractivity contribution < 1.29 is 144 Å². The van der Waals surface area contributed by atoms with Gasteiger partial charge in [-0.15, -0.1) is 0 Å². The van der Waals surface area contributed by atoms with Gasteiger partial charge in [0.25, 0.3) is 44.6 Å². The van der Waals surface area contributed by atoms with Crippen LogP contribution in [0.2, 0.25) is 0 Å². The molecule has 8 atom stereocenters. The van der Waals surface area contributed by atoms with Crippen LogP contribution >= 0.6 is 46.4 Å². The molecular formula is C102H132B2Cl4N8O30. The van der Waals surface area contributed by atoms with Gasteiger partial charge in [0.15, 0.2) is 0 Å². The van der Waals surface area contributed by atoms with Crippen LogP contribution in [0.3, 0.4) is 0 Å². The number of ether oxygens (including phenoxy) is 12. The second-order valence-electron chi connectivity index (χ2n) is 37.3. The highest BCUT2D eigenvalue weighted by Crippen LogP contribution is 2.36. The summed E-state index contributed by atoms with van der Waals surface area (Å²) < 4.78 is 65.2. The van der Waals surface area contributed by atoms with E-state index < -0.39 is 68.2 Å². The lowest BCUT2D eigenvalue weighted by Gasteiger charge is -2.31. The molecule has 14 N–H and O–H groups in total. The SMILES string of the molecule is COc1c(C(=O)N[C@@H]2CCC[C@H](N)C2)cc(C)cc1C(=O)N[C@H]1CCC[C@@H](N)C1.COc1c(C(=O)N[C@@H]2CCC[C@H](NC(=O)OC(C)(C)C)C2)cc(C)cc1C(=O)N[C@H]1CCC[C@@H](NC(=O)OC(C)(C)C)C1.Cc1cc(C(=O)Cl)c(OCCOCCOCCOc2c(C(=O)Cl)cc(C)cc2C(=O)Cl)c(C(=O)Cl)c1.Cc1cc(C(=O)O)c(OCCOCCOCCOc2c(C(=O)O)cc(C)cc2C(=O)O)c(C(=O)O)c1.[B].[B]. The van der Waals surface area contributed by atoms with Crippen molar-refractivity contribution in [2.24, 2.45) is 11.5 Å². The third-order valence-corrected chi connectivity index (χ3v) is 23.6. The molecule has 4 saturated carbocycles. The van der Waals surface area contributed by atoms with Crippen LogP contribution in [-0.4, -0.2) is 271 Å². The average molecular weight is 2110 g/mol. The van der Waals surface area contributed by atoms with E-state index in [1.165, 1.54) is 62.8 Å². The molecule has 794 valence electrons. The molecule has 4 aliphatic rings. The number of aromatic carboxylic acids is 4. The molecule has 0 unspecified atom stereocenters. The summed E-state index contributed by atoms with van der Waals surface area (Å²) in [5.74, 6) is -6.38. The molecule has 38 nitrogen and oxygen atoms in total. The number of benzene rings is 6.